The number of hydrogen-bond donors (Lipinski definition) is 2. The lowest BCUT2D eigenvalue weighted by atomic mass is 10.2. The lowest BCUT2D eigenvalue weighted by molar-refractivity contribution is -0.133. The fourth-order valence-electron chi connectivity index (χ4n) is 1.40. The molecular formula is C12H13F2NO5S2. The number of benzene rings is 1. The van der Waals surface area contributed by atoms with Crippen molar-refractivity contribution in [2.24, 2.45) is 0 Å². The molecule has 0 radical (unpaired) electrons. The summed E-state index contributed by atoms with van der Waals surface area (Å²) in [7, 11) is -4.68. The van der Waals surface area contributed by atoms with Crippen LogP contribution < -0.4 is 5.32 Å². The highest BCUT2D eigenvalue weighted by Gasteiger charge is 2.26. The summed E-state index contributed by atoms with van der Waals surface area (Å²) in [6.45, 7) is 0.230. The molecule has 0 aliphatic carbocycles. The molecule has 0 heterocycles. The Morgan fingerprint density at radius 2 is 1.82 bits per heavy atom. The van der Waals surface area contributed by atoms with Crippen molar-refractivity contribution in [3.05, 3.63) is 29.8 Å². The molecule has 0 fully saturated rings. The van der Waals surface area contributed by atoms with Gasteiger partial charge >= 0.3 is 11.7 Å². The summed E-state index contributed by atoms with van der Waals surface area (Å²) in [6, 6.07) is 4.15. The van der Waals surface area contributed by atoms with E-state index in [0.29, 0.717) is 5.75 Å². The van der Waals surface area contributed by atoms with Crippen LogP contribution in [0.1, 0.15) is 10.4 Å². The number of rotatable bonds is 8. The second-order valence-corrected chi connectivity index (χ2v) is 7.06. The van der Waals surface area contributed by atoms with Gasteiger partial charge in [-0.3, -0.25) is 9.59 Å². The van der Waals surface area contributed by atoms with E-state index in [-0.39, 0.29) is 17.9 Å². The van der Waals surface area contributed by atoms with Crippen LogP contribution in [0.15, 0.2) is 29.2 Å². The van der Waals surface area contributed by atoms with Crippen LogP contribution >= 0.6 is 11.8 Å². The van der Waals surface area contributed by atoms with E-state index in [2.05, 4.69) is 5.32 Å². The van der Waals surface area contributed by atoms with Crippen LogP contribution in [0.3, 0.4) is 0 Å². The average molecular weight is 353 g/mol. The quantitative estimate of drug-likeness (QED) is 0.682. The number of amides is 1. The molecule has 2 N–H and O–H groups in total. The molecule has 0 aliphatic rings. The maximum absolute atomic E-state index is 12.3. The van der Waals surface area contributed by atoms with Crippen LogP contribution in [-0.4, -0.2) is 49.2 Å². The third-order valence-electron chi connectivity index (χ3n) is 2.44. The fraction of sp³-hybridized carbons (Fsp3) is 0.333. The normalized spacial score (nSPS) is 11.4. The maximum atomic E-state index is 12.3. The number of alkyl halides is 2. The summed E-state index contributed by atoms with van der Waals surface area (Å²) >= 11 is 1.13. The summed E-state index contributed by atoms with van der Waals surface area (Å²) in [6.07, 6.45) is 0. The van der Waals surface area contributed by atoms with Crippen molar-refractivity contribution in [1.29, 1.82) is 0 Å². The number of hydrogen-bond acceptors (Lipinski definition) is 5. The predicted molar refractivity (Wildman–Crippen MR) is 76.9 cm³/mol. The minimum Gasteiger partial charge on any atom is -0.481 e. The van der Waals surface area contributed by atoms with E-state index >= 15 is 0 Å². The number of thioether (sulfide) groups is 1. The zero-order valence-corrected chi connectivity index (χ0v) is 12.8. The zero-order chi connectivity index (χ0) is 16.8. The number of sulfone groups is 1. The summed E-state index contributed by atoms with van der Waals surface area (Å²) in [4.78, 5) is 21.4. The number of carbonyl (C=O) groups is 2. The van der Waals surface area contributed by atoms with Gasteiger partial charge in [0, 0.05) is 17.9 Å². The molecule has 122 valence electrons. The molecule has 6 nitrogen and oxygen atoms in total. The van der Waals surface area contributed by atoms with E-state index in [0.717, 1.165) is 36.0 Å². The minimum atomic E-state index is -4.68. The Hall–Kier alpha value is -1.68. The van der Waals surface area contributed by atoms with Crippen molar-refractivity contribution in [3.63, 3.8) is 0 Å². The van der Waals surface area contributed by atoms with E-state index in [9.17, 15) is 26.8 Å². The third kappa shape index (κ3) is 5.26. The smallest absolute Gasteiger partial charge is 0.341 e. The van der Waals surface area contributed by atoms with Crippen molar-refractivity contribution in [3.8, 4) is 0 Å². The van der Waals surface area contributed by atoms with Gasteiger partial charge in [-0.1, -0.05) is 0 Å². The molecule has 0 saturated heterocycles. The Bertz CT molecular complexity index is 631. The Balaban J connectivity index is 2.56. The first-order valence-electron chi connectivity index (χ1n) is 5.95. The molecule has 0 saturated carbocycles. The Labute approximate surface area is 129 Å². The molecule has 1 rings (SSSR count). The van der Waals surface area contributed by atoms with Crippen LogP contribution in [0.2, 0.25) is 0 Å². The monoisotopic (exact) mass is 353 g/mol. The molecule has 0 spiro atoms. The van der Waals surface area contributed by atoms with Gasteiger partial charge in [0.25, 0.3) is 5.91 Å². The largest absolute Gasteiger partial charge is 0.481 e. The van der Waals surface area contributed by atoms with Crippen LogP contribution in [-0.2, 0) is 14.6 Å². The third-order valence-corrected chi connectivity index (χ3v) is 4.78. The summed E-state index contributed by atoms with van der Waals surface area (Å²) in [5.74, 6) is -4.64. The molecule has 0 atom stereocenters. The SMILES string of the molecule is O=C(O)CSCCNC(=O)c1ccc(S(=O)(=O)C(F)F)cc1. The first kappa shape index (κ1) is 18.4. The Kier molecular flexibility index (Phi) is 6.75. The fourth-order valence-corrected chi connectivity index (χ4v) is 2.68. The summed E-state index contributed by atoms with van der Waals surface area (Å²) in [5, 5.41) is 10.9. The summed E-state index contributed by atoms with van der Waals surface area (Å²) < 4.78 is 47.1. The van der Waals surface area contributed by atoms with E-state index in [4.69, 9.17) is 5.11 Å². The molecule has 1 aromatic carbocycles. The van der Waals surface area contributed by atoms with E-state index in [1.165, 1.54) is 0 Å². The van der Waals surface area contributed by atoms with Gasteiger partial charge in [-0.2, -0.15) is 8.78 Å². The molecule has 0 bridgehead atoms. The van der Waals surface area contributed by atoms with Crippen molar-refractivity contribution >= 4 is 33.5 Å². The molecule has 22 heavy (non-hydrogen) atoms. The van der Waals surface area contributed by atoms with Crippen LogP contribution in [0.4, 0.5) is 8.78 Å². The summed E-state index contributed by atoms with van der Waals surface area (Å²) in [5.41, 5.74) is 0.122. The van der Waals surface area contributed by atoms with Crippen LogP contribution in [0.5, 0.6) is 0 Å². The second kappa shape index (κ2) is 8.08. The van der Waals surface area contributed by atoms with Crippen molar-refractivity contribution in [2.45, 2.75) is 10.7 Å². The van der Waals surface area contributed by atoms with E-state index in [1.54, 1.807) is 0 Å². The Morgan fingerprint density at radius 1 is 1.23 bits per heavy atom. The van der Waals surface area contributed by atoms with Gasteiger partial charge in [-0.05, 0) is 24.3 Å². The van der Waals surface area contributed by atoms with Crippen molar-refractivity contribution in [2.75, 3.05) is 18.1 Å². The highest BCUT2D eigenvalue weighted by atomic mass is 32.2. The number of halogens is 2. The lowest BCUT2D eigenvalue weighted by Gasteiger charge is -2.06. The first-order valence-corrected chi connectivity index (χ1v) is 8.65. The van der Waals surface area contributed by atoms with E-state index < -0.39 is 32.4 Å². The predicted octanol–water partition coefficient (Wildman–Crippen LogP) is 1.23. The van der Waals surface area contributed by atoms with Crippen LogP contribution in [0, 0.1) is 0 Å². The Morgan fingerprint density at radius 3 is 2.32 bits per heavy atom. The molecule has 1 aromatic rings. The highest BCUT2D eigenvalue weighted by molar-refractivity contribution is 7.99. The number of aliphatic carboxylic acids is 1. The highest BCUT2D eigenvalue weighted by Crippen LogP contribution is 2.18. The second-order valence-electron chi connectivity index (χ2n) is 4.03. The molecule has 10 heteroatoms. The number of carboxylic acids is 1. The maximum Gasteiger partial charge on any atom is 0.341 e. The molecule has 0 aromatic heterocycles. The van der Waals surface area contributed by atoms with Gasteiger partial charge in [0.1, 0.15) is 0 Å². The number of carbonyl (C=O) groups excluding carboxylic acids is 1. The number of nitrogens with one attached hydrogen (secondary N) is 1. The van der Waals surface area contributed by atoms with Gasteiger partial charge in [0.2, 0.25) is 9.84 Å². The van der Waals surface area contributed by atoms with Gasteiger partial charge < -0.3 is 10.4 Å². The molecule has 0 aliphatic heterocycles. The molecule has 1 amide bonds. The minimum absolute atomic E-state index is 0.0734. The topological polar surface area (TPSA) is 101 Å². The standard InChI is InChI=1S/C12H13F2NO5S2/c13-12(14)22(19,20)9-3-1-8(2-4-9)11(18)15-5-6-21-7-10(16)17/h1-4,12H,5-7H2,(H,15,18)(H,16,17). The van der Waals surface area contributed by atoms with E-state index in [1.807, 2.05) is 0 Å². The number of carboxylic acid groups (broad SMARTS) is 1. The van der Waals surface area contributed by atoms with Crippen LogP contribution in [0.25, 0.3) is 0 Å². The zero-order valence-electron chi connectivity index (χ0n) is 11.2. The average Bonchev–Trinajstić information content (AvgIpc) is 2.46. The van der Waals surface area contributed by atoms with Crippen molar-refractivity contribution in [1.82, 2.24) is 5.32 Å². The van der Waals surface area contributed by atoms with Gasteiger partial charge in [-0.25, -0.2) is 8.42 Å². The lowest BCUT2D eigenvalue weighted by Crippen LogP contribution is -2.26. The molecule has 0 unspecified atom stereocenters. The first-order chi connectivity index (χ1) is 10.2. The van der Waals surface area contributed by atoms with Gasteiger partial charge in [-0.15, -0.1) is 11.8 Å². The van der Waals surface area contributed by atoms with Gasteiger partial charge in [0.05, 0.1) is 10.6 Å². The molecular weight excluding hydrogens is 340 g/mol. The van der Waals surface area contributed by atoms with Crippen molar-refractivity contribution < 1.29 is 31.9 Å². The van der Waals surface area contributed by atoms with Gasteiger partial charge in [0.15, 0.2) is 0 Å².